The van der Waals surface area contributed by atoms with E-state index >= 15 is 0 Å². The molecule has 3 N–H and O–H groups in total. The molecule has 1 unspecified atom stereocenters. The normalized spacial score (nSPS) is 15.5. The molecule has 0 saturated heterocycles. The van der Waals surface area contributed by atoms with E-state index in [1.807, 2.05) is 24.4 Å². The van der Waals surface area contributed by atoms with Crippen LogP contribution < -0.4 is 15.2 Å². The van der Waals surface area contributed by atoms with Gasteiger partial charge in [0, 0.05) is 12.0 Å². The molecule has 1 aromatic carbocycles. The highest BCUT2D eigenvalue weighted by Gasteiger charge is 2.14. The molecule has 1 aliphatic rings. The summed E-state index contributed by atoms with van der Waals surface area (Å²) in [5, 5.41) is 0. The van der Waals surface area contributed by atoms with Crippen LogP contribution in [-0.4, -0.2) is 23.2 Å². The molecule has 3 rings (SSSR count). The third-order valence-corrected chi connectivity index (χ3v) is 3.60. The zero-order chi connectivity index (χ0) is 14.7. The maximum Gasteiger partial charge on any atom is 0.161 e. The van der Waals surface area contributed by atoms with Crippen molar-refractivity contribution in [1.82, 2.24) is 9.97 Å². The van der Waals surface area contributed by atoms with Gasteiger partial charge in [-0.15, -0.1) is 0 Å². The summed E-state index contributed by atoms with van der Waals surface area (Å²) in [7, 11) is 0. The second-order valence-electron chi connectivity index (χ2n) is 5.29. The third-order valence-electron chi connectivity index (χ3n) is 3.60. The summed E-state index contributed by atoms with van der Waals surface area (Å²) in [6.07, 6.45) is 4.70. The summed E-state index contributed by atoms with van der Waals surface area (Å²) >= 11 is 0. The Morgan fingerprint density at radius 2 is 2.10 bits per heavy atom. The average molecular weight is 287 g/mol. The van der Waals surface area contributed by atoms with Crippen LogP contribution >= 0.6 is 0 Å². The zero-order valence-corrected chi connectivity index (χ0v) is 12.3. The van der Waals surface area contributed by atoms with Crippen LogP contribution in [0, 0.1) is 0 Å². The summed E-state index contributed by atoms with van der Waals surface area (Å²) in [5.41, 5.74) is 8.07. The molecule has 0 radical (unpaired) electrons. The van der Waals surface area contributed by atoms with Crippen molar-refractivity contribution in [1.29, 1.82) is 0 Å². The first-order chi connectivity index (χ1) is 10.3. The highest BCUT2D eigenvalue weighted by Crippen LogP contribution is 2.33. The second kappa shape index (κ2) is 6.18. The van der Waals surface area contributed by atoms with Gasteiger partial charge in [-0.1, -0.05) is 13.3 Å². The van der Waals surface area contributed by atoms with Crippen LogP contribution in [0.3, 0.4) is 0 Å². The minimum Gasteiger partial charge on any atom is -0.490 e. The first-order valence-electron chi connectivity index (χ1n) is 7.48. The van der Waals surface area contributed by atoms with E-state index in [0.29, 0.717) is 13.2 Å². The number of hydrogen-bond donors (Lipinski definition) is 2. The van der Waals surface area contributed by atoms with Crippen LogP contribution in [0.15, 0.2) is 24.4 Å². The summed E-state index contributed by atoms with van der Waals surface area (Å²) in [6, 6.07) is 5.91. The molecule has 1 aromatic heterocycles. The van der Waals surface area contributed by atoms with Gasteiger partial charge < -0.3 is 20.2 Å². The maximum absolute atomic E-state index is 6.09. The number of rotatable bonds is 4. The first-order valence-corrected chi connectivity index (χ1v) is 7.48. The van der Waals surface area contributed by atoms with Gasteiger partial charge in [-0.25, -0.2) is 4.98 Å². The lowest BCUT2D eigenvalue weighted by Crippen LogP contribution is -2.11. The van der Waals surface area contributed by atoms with Crippen molar-refractivity contribution in [3.63, 3.8) is 0 Å². The number of ether oxygens (including phenoxy) is 2. The molecule has 0 aliphatic carbocycles. The molecule has 0 saturated carbocycles. The molecule has 0 fully saturated rings. The van der Waals surface area contributed by atoms with Gasteiger partial charge >= 0.3 is 0 Å². The van der Waals surface area contributed by atoms with Crippen molar-refractivity contribution in [3.8, 4) is 22.8 Å². The van der Waals surface area contributed by atoms with Crippen molar-refractivity contribution >= 4 is 0 Å². The minimum absolute atomic E-state index is 0.0378. The largest absolute Gasteiger partial charge is 0.490 e. The minimum atomic E-state index is -0.0378. The molecule has 0 amide bonds. The number of H-pyrrole nitrogens is 1. The average Bonchev–Trinajstić information content (AvgIpc) is 2.87. The number of imidazole rings is 1. The van der Waals surface area contributed by atoms with E-state index in [2.05, 4.69) is 16.9 Å². The van der Waals surface area contributed by atoms with Crippen molar-refractivity contribution in [2.75, 3.05) is 13.2 Å². The predicted molar refractivity (Wildman–Crippen MR) is 81.5 cm³/mol. The van der Waals surface area contributed by atoms with Gasteiger partial charge in [0.2, 0.25) is 0 Å². The summed E-state index contributed by atoms with van der Waals surface area (Å²) in [5.74, 6) is 2.43. The van der Waals surface area contributed by atoms with Crippen LogP contribution in [0.1, 0.15) is 38.1 Å². The van der Waals surface area contributed by atoms with Crippen LogP contribution in [0.5, 0.6) is 11.5 Å². The molecule has 112 valence electrons. The Morgan fingerprint density at radius 1 is 1.29 bits per heavy atom. The Kier molecular flexibility index (Phi) is 4.10. The van der Waals surface area contributed by atoms with E-state index in [1.165, 1.54) is 0 Å². The summed E-state index contributed by atoms with van der Waals surface area (Å²) in [4.78, 5) is 7.69. The van der Waals surface area contributed by atoms with Crippen LogP contribution in [0.25, 0.3) is 11.3 Å². The topological polar surface area (TPSA) is 73.2 Å². The number of nitrogens with one attached hydrogen (secondary N) is 1. The maximum atomic E-state index is 6.09. The fraction of sp³-hybridized carbons (Fsp3) is 0.438. The fourth-order valence-electron chi connectivity index (χ4n) is 2.45. The number of fused-ring (bicyclic) bond motifs is 1. The fourth-order valence-corrected chi connectivity index (χ4v) is 2.45. The van der Waals surface area contributed by atoms with Gasteiger partial charge in [-0.05, 0) is 24.6 Å². The number of hydrogen-bond acceptors (Lipinski definition) is 4. The Bertz CT molecular complexity index is 609. The molecule has 5 nitrogen and oxygen atoms in total. The van der Waals surface area contributed by atoms with E-state index in [4.69, 9.17) is 15.2 Å². The van der Waals surface area contributed by atoms with Gasteiger partial charge in [-0.2, -0.15) is 0 Å². The van der Waals surface area contributed by atoms with Crippen LogP contribution in [0.2, 0.25) is 0 Å². The van der Waals surface area contributed by atoms with E-state index < -0.39 is 0 Å². The number of nitrogens with zero attached hydrogens (tertiary/aromatic N) is 1. The van der Waals surface area contributed by atoms with E-state index in [1.54, 1.807) is 0 Å². The highest BCUT2D eigenvalue weighted by atomic mass is 16.5. The highest BCUT2D eigenvalue weighted by molar-refractivity contribution is 5.63. The molecule has 2 heterocycles. The lowest BCUT2D eigenvalue weighted by Gasteiger charge is -2.09. The molecular formula is C16H21N3O2. The Labute approximate surface area is 124 Å². The van der Waals surface area contributed by atoms with Crippen molar-refractivity contribution < 1.29 is 9.47 Å². The number of aromatic amines is 1. The summed E-state index contributed by atoms with van der Waals surface area (Å²) < 4.78 is 11.4. The van der Waals surface area contributed by atoms with Gasteiger partial charge in [0.1, 0.15) is 5.82 Å². The number of aromatic nitrogens is 2. The lowest BCUT2D eigenvalue weighted by molar-refractivity contribution is 0.297. The molecule has 5 heteroatoms. The molecule has 2 aromatic rings. The van der Waals surface area contributed by atoms with E-state index in [9.17, 15) is 0 Å². The summed E-state index contributed by atoms with van der Waals surface area (Å²) in [6.45, 7) is 3.51. The zero-order valence-electron chi connectivity index (χ0n) is 12.3. The SMILES string of the molecule is CCCC(N)c1ncc(-c2ccc3c(c2)OCCCO3)[nH]1. The van der Waals surface area contributed by atoms with E-state index in [-0.39, 0.29) is 6.04 Å². The number of nitrogens with two attached hydrogens (primary N) is 1. The van der Waals surface area contributed by atoms with Crippen molar-refractivity contribution in [3.05, 3.63) is 30.2 Å². The van der Waals surface area contributed by atoms with Gasteiger partial charge in [0.05, 0.1) is 31.1 Å². The van der Waals surface area contributed by atoms with Crippen molar-refractivity contribution in [2.24, 2.45) is 5.73 Å². The molecule has 0 bridgehead atoms. The quantitative estimate of drug-likeness (QED) is 0.906. The second-order valence-corrected chi connectivity index (χ2v) is 5.29. The smallest absolute Gasteiger partial charge is 0.161 e. The Balaban J connectivity index is 1.85. The van der Waals surface area contributed by atoms with Crippen LogP contribution in [0.4, 0.5) is 0 Å². The first kappa shape index (κ1) is 13.9. The third kappa shape index (κ3) is 3.03. The molecular weight excluding hydrogens is 266 g/mol. The lowest BCUT2D eigenvalue weighted by atomic mass is 10.1. The monoisotopic (exact) mass is 287 g/mol. The van der Waals surface area contributed by atoms with Crippen molar-refractivity contribution in [2.45, 2.75) is 32.2 Å². The molecule has 0 spiro atoms. The predicted octanol–water partition coefficient (Wildman–Crippen LogP) is 3.04. The van der Waals surface area contributed by atoms with E-state index in [0.717, 1.165) is 47.8 Å². The molecule has 1 aliphatic heterocycles. The number of benzene rings is 1. The molecule has 1 atom stereocenters. The standard InChI is InChI=1S/C16H21N3O2/c1-2-4-12(17)16-18-10-13(19-16)11-5-6-14-15(9-11)21-8-3-7-20-14/h5-6,9-10,12H,2-4,7-8,17H2,1H3,(H,18,19). The Hall–Kier alpha value is -2.01. The van der Waals surface area contributed by atoms with Gasteiger partial charge in [-0.3, -0.25) is 0 Å². The molecule has 21 heavy (non-hydrogen) atoms. The van der Waals surface area contributed by atoms with Gasteiger partial charge in [0.15, 0.2) is 11.5 Å². The Morgan fingerprint density at radius 3 is 2.90 bits per heavy atom. The van der Waals surface area contributed by atoms with Crippen LogP contribution in [-0.2, 0) is 0 Å². The van der Waals surface area contributed by atoms with Gasteiger partial charge in [0.25, 0.3) is 0 Å².